The lowest BCUT2D eigenvalue weighted by Gasteiger charge is -2.14. The molecule has 2 nitrogen and oxygen atoms in total. The SMILES string of the molecule is CCCCC(CCCC)B(O)O. The second-order valence-corrected chi connectivity index (χ2v) is 3.46. The predicted molar refractivity (Wildman–Crippen MR) is 53.0 cm³/mol. The molecule has 0 aliphatic rings. The lowest BCUT2D eigenvalue weighted by molar-refractivity contribution is 0.367. The first-order chi connectivity index (χ1) is 5.72. The molecule has 0 heterocycles. The summed E-state index contributed by atoms with van der Waals surface area (Å²) in [6, 6.07) is 0. The van der Waals surface area contributed by atoms with Gasteiger partial charge in [-0.05, 0) is 5.82 Å². The smallest absolute Gasteiger partial charge is 0.427 e. The fourth-order valence-corrected chi connectivity index (χ4v) is 1.38. The number of rotatable bonds is 7. The summed E-state index contributed by atoms with van der Waals surface area (Å²) in [6.45, 7) is 4.25. The summed E-state index contributed by atoms with van der Waals surface area (Å²) in [7, 11) is -1.11. The minimum atomic E-state index is -1.11. The molecule has 0 aromatic carbocycles. The van der Waals surface area contributed by atoms with Gasteiger partial charge in [0.25, 0.3) is 0 Å². The van der Waals surface area contributed by atoms with E-state index < -0.39 is 7.12 Å². The van der Waals surface area contributed by atoms with Crippen molar-refractivity contribution in [3.8, 4) is 0 Å². The van der Waals surface area contributed by atoms with E-state index in [-0.39, 0.29) is 5.82 Å². The maximum Gasteiger partial charge on any atom is 0.454 e. The van der Waals surface area contributed by atoms with Gasteiger partial charge in [0, 0.05) is 0 Å². The Bertz CT molecular complexity index is 88.5. The van der Waals surface area contributed by atoms with Gasteiger partial charge in [0.1, 0.15) is 0 Å². The Kier molecular flexibility index (Phi) is 7.62. The zero-order valence-electron chi connectivity index (χ0n) is 8.29. The van der Waals surface area contributed by atoms with Gasteiger partial charge >= 0.3 is 7.12 Å². The van der Waals surface area contributed by atoms with Crippen molar-refractivity contribution in [3.63, 3.8) is 0 Å². The molecule has 0 aliphatic heterocycles. The van der Waals surface area contributed by atoms with Crippen molar-refractivity contribution in [2.24, 2.45) is 0 Å². The van der Waals surface area contributed by atoms with Crippen LogP contribution in [0.15, 0.2) is 0 Å². The Morgan fingerprint density at radius 2 is 1.42 bits per heavy atom. The number of unbranched alkanes of at least 4 members (excludes halogenated alkanes) is 2. The summed E-state index contributed by atoms with van der Waals surface area (Å²) in [4.78, 5) is 0. The molecule has 0 aliphatic carbocycles. The lowest BCUT2D eigenvalue weighted by Crippen LogP contribution is -2.20. The normalized spacial score (nSPS) is 10.8. The topological polar surface area (TPSA) is 40.5 Å². The molecule has 72 valence electrons. The van der Waals surface area contributed by atoms with Crippen LogP contribution < -0.4 is 0 Å². The Labute approximate surface area is 76.1 Å². The van der Waals surface area contributed by atoms with Crippen molar-refractivity contribution in [3.05, 3.63) is 0 Å². The van der Waals surface area contributed by atoms with Crippen LogP contribution in [-0.4, -0.2) is 17.2 Å². The summed E-state index contributed by atoms with van der Waals surface area (Å²) in [5, 5.41) is 18.0. The van der Waals surface area contributed by atoms with Gasteiger partial charge in [0.05, 0.1) is 0 Å². The quantitative estimate of drug-likeness (QED) is 0.578. The summed E-state index contributed by atoms with van der Waals surface area (Å²) in [6.07, 6.45) is 6.38. The third-order valence-electron chi connectivity index (χ3n) is 2.28. The molecule has 0 atom stereocenters. The van der Waals surface area contributed by atoms with Crippen LogP contribution in [0.1, 0.15) is 52.4 Å². The van der Waals surface area contributed by atoms with Crippen LogP contribution >= 0.6 is 0 Å². The molecule has 0 radical (unpaired) electrons. The summed E-state index contributed by atoms with van der Waals surface area (Å²) >= 11 is 0. The van der Waals surface area contributed by atoms with Crippen molar-refractivity contribution < 1.29 is 10.0 Å². The van der Waals surface area contributed by atoms with E-state index in [2.05, 4.69) is 13.8 Å². The molecule has 0 aromatic rings. The van der Waals surface area contributed by atoms with Gasteiger partial charge in [-0.25, -0.2) is 0 Å². The van der Waals surface area contributed by atoms with E-state index in [4.69, 9.17) is 10.0 Å². The van der Waals surface area contributed by atoms with Gasteiger partial charge in [-0.1, -0.05) is 52.4 Å². The van der Waals surface area contributed by atoms with Crippen molar-refractivity contribution in [2.45, 2.75) is 58.2 Å². The van der Waals surface area contributed by atoms with Gasteiger partial charge in [-0.3, -0.25) is 0 Å². The van der Waals surface area contributed by atoms with Gasteiger partial charge in [0.2, 0.25) is 0 Å². The van der Waals surface area contributed by atoms with Crippen molar-refractivity contribution >= 4 is 7.12 Å². The molecule has 0 amide bonds. The second kappa shape index (κ2) is 7.62. The molecule has 0 bridgehead atoms. The van der Waals surface area contributed by atoms with E-state index in [1.54, 1.807) is 0 Å². The predicted octanol–water partition coefficient (Wildman–Crippen LogP) is 2.21. The molecule has 0 saturated heterocycles. The van der Waals surface area contributed by atoms with Crippen molar-refractivity contribution in [2.75, 3.05) is 0 Å². The Hall–Kier alpha value is -0.0151. The highest BCUT2D eigenvalue weighted by Gasteiger charge is 2.21. The van der Waals surface area contributed by atoms with Gasteiger partial charge in [-0.15, -0.1) is 0 Å². The first-order valence-electron chi connectivity index (χ1n) is 5.08. The molecule has 0 aromatic heterocycles. The van der Waals surface area contributed by atoms with Crippen molar-refractivity contribution in [1.82, 2.24) is 0 Å². The van der Waals surface area contributed by atoms with E-state index in [0.29, 0.717) is 0 Å². The van der Waals surface area contributed by atoms with Crippen molar-refractivity contribution in [1.29, 1.82) is 0 Å². The molecule has 0 fully saturated rings. The molecule has 0 saturated carbocycles. The largest absolute Gasteiger partial charge is 0.454 e. The molecule has 3 heteroatoms. The third-order valence-corrected chi connectivity index (χ3v) is 2.28. The third kappa shape index (κ3) is 5.61. The molecular formula is C9H21BO2. The number of hydrogen-bond donors (Lipinski definition) is 2. The monoisotopic (exact) mass is 172 g/mol. The molecule has 0 spiro atoms. The fraction of sp³-hybridized carbons (Fsp3) is 1.00. The highest BCUT2D eigenvalue weighted by atomic mass is 16.4. The summed E-state index contributed by atoms with van der Waals surface area (Å²) < 4.78 is 0. The van der Waals surface area contributed by atoms with Crippen LogP contribution in [0.3, 0.4) is 0 Å². The maximum atomic E-state index is 9.02. The molecule has 2 N–H and O–H groups in total. The Morgan fingerprint density at radius 3 is 1.67 bits per heavy atom. The van der Waals surface area contributed by atoms with E-state index in [0.717, 1.165) is 38.5 Å². The minimum absolute atomic E-state index is 0.102. The fourth-order valence-electron chi connectivity index (χ4n) is 1.38. The zero-order valence-corrected chi connectivity index (χ0v) is 8.29. The summed E-state index contributed by atoms with van der Waals surface area (Å²) in [5.41, 5.74) is 0. The first-order valence-corrected chi connectivity index (χ1v) is 5.08. The molecule has 0 unspecified atom stereocenters. The van der Waals surface area contributed by atoms with Crippen LogP contribution in [0.5, 0.6) is 0 Å². The first kappa shape index (κ1) is 12.0. The van der Waals surface area contributed by atoms with E-state index in [9.17, 15) is 0 Å². The van der Waals surface area contributed by atoms with Gasteiger partial charge < -0.3 is 10.0 Å². The second-order valence-electron chi connectivity index (χ2n) is 3.46. The molecule has 0 rings (SSSR count). The standard InChI is InChI=1S/C9H21BO2/c1-3-5-7-9(10(11)12)8-6-4-2/h9,11-12H,3-8H2,1-2H3. The van der Waals surface area contributed by atoms with Gasteiger partial charge in [0.15, 0.2) is 0 Å². The van der Waals surface area contributed by atoms with E-state index >= 15 is 0 Å². The number of hydrogen-bond acceptors (Lipinski definition) is 2. The highest BCUT2D eigenvalue weighted by molar-refractivity contribution is 6.43. The highest BCUT2D eigenvalue weighted by Crippen LogP contribution is 2.22. The maximum absolute atomic E-state index is 9.02. The van der Waals surface area contributed by atoms with E-state index in [1.807, 2.05) is 0 Å². The summed E-state index contributed by atoms with van der Waals surface area (Å²) in [5.74, 6) is 0.102. The van der Waals surface area contributed by atoms with Crippen LogP contribution in [0.25, 0.3) is 0 Å². The molecular weight excluding hydrogens is 151 g/mol. The Balaban J connectivity index is 3.55. The minimum Gasteiger partial charge on any atom is -0.427 e. The lowest BCUT2D eigenvalue weighted by atomic mass is 9.67. The average molecular weight is 172 g/mol. The molecule has 12 heavy (non-hydrogen) atoms. The van der Waals surface area contributed by atoms with Crippen LogP contribution in [0, 0.1) is 0 Å². The Morgan fingerprint density at radius 1 is 1.00 bits per heavy atom. The van der Waals surface area contributed by atoms with E-state index in [1.165, 1.54) is 0 Å². The van der Waals surface area contributed by atoms with Crippen LogP contribution in [-0.2, 0) is 0 Å². The van der Waals surface area contributed by atoms with Gasteiger partial charge in [-0.2, -0.15) is 0 Å². The van der Waals surface area contributed by atoms with Crippen LogP contribution in [0.4, 0.5) is 0 Å². The average Bonchev–Trinajstić information content (AvgIpc) is 2.04. The van der Waals surface area contributed by atoms with Crippen LogP contribution in [0.2, 0.25) is 5.82 Å². The zero-order chi connectivity index (χ0) is 9.40.